The molecule has 0 spiro atoms. The Hall–Kier alpha value is -2.54. The molecule has 0 bridgehead atoms. The van der Waals surface area contributed by atoms with E-state index in [0.29, 0.717) is 16.7 Å². The second kappa shape index (κ2) is 6.56. The number of nitrogens with two attached hydrogens (primary N) is 1. The van der Waals surface area contributed by atoms with Gasteiger partial charge in [0, 0.05) is 18.3 Å². The minimum atomic E-state index is -1.20. The van der Waals surface area contributed by atoms with Crippen LogP contribution in [0.1, 0.15) is 55.4 Å². The molecule has 4 rings (SSSR count). The molecule has 1 saturated heterocycles. The number of carbonyl (C=O) groups is 1. The first-order valence-corrected chi connectivity index (χ1v) is 9.47. The average Bonchev–Trinajstić information content (AvgIpc) is 3.46. The summed E-state index contributed by atoms with van der Waals surface area (Å²) in [6, 6.07) is 4.02. The van der Waals surface area contributed by atoms with Crippen molar-refractivity contribution >= 4 is 22.6 Å². The van der Waals surface area contributed by atoms with Gasteiger partial charge >= 0.3 is 5.97 Å². The number of methoxy groups -OCH3 is 1. The Morgan fingerprint density at radius 1 is 1.26 bits per heavy atom. The number of benzene rings is 1. The number of carboxylic acid groups (broad SMARTS) is 1. The summed E-state index contributed by atoms with van der Waals surface area (Å²) in [4.78, 5) is 26.5. The fraction of sp³-hybridized carbons (Fsp3) is 0.500. The zero-order valence-electron chi connectivity index (χ0n) is 15.6. The van der Waals surface area contributed by atoms with Crippen LogP contribution >= 0.6 is 0 Å². The third kappa shape index (κ3) is 2.86. The van der Waals surface area contributed by atoms with Crippen molar-refractivity contribution in [1.29, 1.82) is 0 Å². The molecule has 144 valence electrons. The zero-order chi connectivity index (χ0) is 19.3. The van der Waals surface area contributed by atoms with E-state index in [0.717, 1.165) is 37.8 Å². The predicted octanol–water partition coefficient (Wildman–Crippen LogP) is 2.71. The molecule has 1 aliphatic carbocycles. The summed E-state index contributed by atoms with van der Waals surface area (Å²) in [6.45, 7) is 2.14. The van der Waals surface area contributed by atoms with Crippen LogP contribution in [0.4, 0.5) is 5.69 Å². The maximum absolute atomic E-state index is 12.8. The first kappa shape index (κ1) is 17.9. The van der Waals surface area contributed by atoms with Crippen LogP contribution in [0, 0.1) is 0 Å². The lowest BCUT2D eigenvalue weighted by molar-refractivity contribution is 0.0695. The highest BCUT2D eigenvalue weighted by molar-refractivity contribution is 5.97. The third-order valence-corrected chi connectivity index (χ3v) is 5.73. The largest absolute Gasteiger partial charge is 0.492 e. The molecule has 2 aliphatic rings. The van der Waals surface area contributed by atoms with Crippen molar-refractivity contribution in [2.45, 2.75) is 57.3 Å². The monoisotopic (exact) mass is 371 g/mol. The summed E-state index contributed by atoms with van der Waals surface area (Å²) in [5.74, 6) is -0.608. The van der Waals surface area contributed by atoms with Crippen molar-refractivity contribution < 1.29 is 14.6 Å². The van der Waals surface area contributed by atoms with E-state index in [1.165, 1.54) is 6.20 Å². The molecule has 2 fully saturated rings. The molecule has 1 aliphatic heterocycles. The Morgan fingerprint density at radius 2 is 2.00 bits per heavy atom. The number of aromatic carboxylic acids is 1. The summed E-state index contributed by atoms with van der Waals surface area (Å²) in [6.07, 6.45) is 6.31. The summed E-state index contributed by atoms with van der Waals surface area (Å²) in [5.41, 5.74) is 7.25. The fourth-order valence-electron chi connectivity index (χ4n) is 4.25. The van der Waals surface area contributed by atoms with Crippen LogP contribution in [0.15, 0.2) is 23.1 Å². The highest BCUT2D eigenvalue weighted by Crippen LogP contribution is 2.43. The van der Waals surface area contributed by atoms with Gasteiger partial charge in [0.2, 0.25) is 5.43 Å². The number of carboxylic acids is 1. The van der Waals surface area contributed by atoms with E-state index in [2.05, 4.69) is 11.8 Å². The summed E-state index contributed by atoms with van der Waals surface area (Å²) in [5, 5.41) is 9.81. The van der Waals surface area contributed by atoms with Crippen LogP contribution in [0.3, 0.4) is 0 Å². The number of piperidine rings is 1. The molecule has 2 heterocycles. The van der Waals surface area contributed by atoms with Crippen molar-refractivity contribution in [3.05, 3.63) is 34.1 Å². The van der Waals surface area contributed by atoms with Gasteiger partial charge in [-0.05, 0) is 51.2 Å². The molecule has 3 N–H and O–H groups in total. The fourth-order valence-corrected chi connectivity index (χ4v) is 4.25. The normalized spacial score (nSPS) is 22.9. The van der Waals surface area contributed by atoms with Gasteiger partial charge in [-0.2, -0.15) is 0 Å². The van der Waals surface area contributed by atoms with E-state index >= 15 is 0 Å². The standard InChI is InChI=1S/C20H25N3O4/c1-11-4-3-5-16(21)23(11)15-9-8-13-17(19(15)27-2)22(12-6-7-12)10-14(18(13)24)20(25)26/h8-12,16H,3-7,21H2,1-2H3,(H,25,26). The zero-order valence-corrected chi connectivity index (χ0v) is 15.6. The Kier molecular flexibility index (Phi) is 4.34. The van der Waals surface area contributed by atoms with Crippen molar-refractivity contribution in [2.24, 2.45) is 5.73 Å². The number of ether oxygens (including phenoxy) is 1. The minimum Gasteiger partial charge on any atom is -0.492 e. The van der Waals surface area contributed by atoms with Crippen molar-refractivity contribution in [3.63, 3.8) is 0 Å². The molecule has 0 amide bonds. The number of pyridine rings is 1. The van der Waals surface area contributed by atoms with Gasteiger partial charge in [0.25, 0.3) is 0 Å². The van der Waals surface area contributed by atoms with Crippen molar-refractivity contribution in [1.82, 2.24) is 4.57 Å². The molecular weight excluding hydrogens is 346 g/mol. The first-order chi connectivity index (χ1) is 12.9. The number of nitrogens with zero attached hydrogens (tertiary/aromatic N) is 2. The number of rotatable bonds is 4. The van der Waals surface area contributed by atoms with Gasteiger partial charge in [0.15, 0.2) is 5.75 Å². The smallest absolute Gasteiger partial charge is 0.341 e. The van der Waals surface area contributed by atoms with E-state index < -0.39 is 11.4 Å². The van der Waals surface area contributed by atoms with Crippen molar-refractivity contribution in [2.75, 3.05) is 12.0 Å². The minimum absolute atomic E-state index is 0.112. The molecule has 2 atom stereocenters. The lowest BCUT2D eigenvalue weighted by atomic mass is 9.99. The van der Waals surface area contributed by atoms with Gasteiger partial charge in [0.05, 0.1) is 29.9 Å². The SMILES string of the molecule is COc1c(N2C(C)CCCC2N)ccc2c(=O)c(C(=O)O)cn(C3CC3)c12. The van der Waals surface area contributed by atoms with Gasteiger partial charge in [-0.25, -0.2) is 4.79 Å². The molecular formula is C20H25N3O4. The third-order valence-electron chi connectivity index (χ3n) is 5.73. The van der Waals surface area contributed by atoms with Crippen LogP contribution < -0.4 is 20.8 Å². The molecule has 1 aromatic carbocycles. The van der Waals surface area contributed by atoms with Gasteiger partial charge in [0.1, 0.15) is 5.56 Å². The van der Waals surface area contributed by atoms with Crippen LogP contribution in [0.5, 0.6) is 5.75 Å². The van der Waals surface area contributed by atoms with Crippen LogP contribution in [-0.4, -0.2) is 35.0 Å². The van der Waals surface area contributed by atoms with E-state index in [-0.39, 0.29) is 23.8 Å². The topological polar surface area (TPSA) is 97.8 Å². The summed E-state index contributed by atoms with van der Waals surface area (Å²) in [7, 11) is 1.59. The maximum atomic E-state index is 12.8. The number of anilines is 1. The molecule has 0 radical (unpaired) electrons. The van der Waals surface area contributed by atoms with Gasteiger partial charge in [-0.1, -0.05) is 0 Å². The van der Waals surface area contributed by atoms with Crippen LogP contribution in [0.2, 0.25) is 0 Å². The number of hydrogen-bond acceptors (Lipinski definition) is 5. The van der Waals surface area contributed by atoms with Crippen molar-refractivity contribution in [3.8, 4) is 5.75 Å². The van der Waals surface area contributed by atoms with Gasteiger partial charge in [-0.15, -0.1) is 0 Å². The quantitative estimate of drug-likeness (QED) is 0.858. The number of hydrogen-bond donors (Lipinski definition) is 2. The summed E-state index contributed by atoms with van der Waals surface area (Å²) >= 11 is 0. The molecule has 2 aromatic rings. The maximum Gasteiger partial charge on any atom is 0.341 e. The summed E-state index contributed by atoms with van der Waals surface area (Å²) < 4.78 is 7.68. The Labute approximate surface area is 157 Å². The first-order valence-electron chi connectivity index (χ1n) is 9.47. The van der Waals surface area contributed by atoms with Crippen LogP contribution in [-0.2, 0) is 0 Å². The average molecular weight is 371 g/mol. The Morgan fingerprint density at radius 3 is 2.59 bits per heavy atom. The molecule has 1 aromatic heterocycles. The lowest BCUT2D eigenvalue weighted by Crippen LogP contribution is -2.50. The second-order valence-electron chi connectivity index (χ2n) is 7.58. The molecule has 27 heavy (non-hydrogen) atoms. The predicted molar refractivity (Wildman–Crippen MR) is 104 cm³/mol. The van der Waals surface area contributed by atoms with Gasteiger partial charge < -0.3 is 25.0 Å². The van der Waals surface area contributed by atoms with E-state index in [4.69, 9.17) is 10.5 Å². The molecule has 7 heteroatoms. The van der Waals surface area contributed by atoms with E-state index in [1.807, 2.05) is 10.6 Å². The van der Waals surface area contributed by atoms with Crippen LogP contribution in [0.25, 0.3) is 10.9 Å². The molecule has 2 unspecified atom stereocenters. The van der Waals surface area contributed by atoms with E-state index in [9.17, 15) is 14.7 Å². The van der Waals surface area contributed by atoms with Gasteiger partial charge in [-0.3, -0.25) is 4.79 Å². The number of fused-ring (bicyclic) bond motifs is 1. The van der Waals surface area contributed by atoms with E-state index in [1.54, 1.807) is 13.2 Å². The Balaban J connectivity index is 2.01. The Bertz CT molecular complexity index is 954. The highest BCUT2D eigenvalue weighted by Gasteiger charge is 2.32. The molecule has 7 nitrogen and oxygen atoms in total. The molecule has 1 saturated carbocycles. The number of aromatic nitrogens is 1. The highest BCUT2D eigenvalue weighted by atomic mass is 16.5. The lowest BCUT2D eigenvalue weighted by Gasteiger charge is -2.41. The second-order valence-corrected chi connectivity index (χ2v) is 7.58.